The van der Waals surface area contributed by atoms with Crippen LogP contribution in [-0.4, -0.2) is 135 Å². The summed E-state index contributed by atoms with van der Waals surface area (Å²) in [5, 5.41) is 0. The van der Waals surface area contributed by atoms with Gasteiger partial charge in [-0.3, -0.25) is 19.4 Å². The van der Waals surface area contributed by atoms with Gasteiger partial charge in [0, 0.05) is 58.8 Å². The third kappa shape index (κ3) is 37.6. The maximum atomic E-state index is 14.0. The molecule has 1 fully saturated rings. The Morgan fingerprint density at radius 1 is 0.381 bits per heavy atom. The molecule has 0 aromatic heterocycles. The molecule has 1 aliphatic rings. The molecule has 0 unspecified atom stereocenters. The molecule has 8 heteroatoms. The average molecular weight is 891 g/mol. The van der Waals surface area contributed by atoms with E-state index in [1.54, 1.807) is 0 Å². The Morgan fingerprint density at radius 2 is 0.698 bits per heavy atom. The maximum Gasteiger partial charge on any atom is 0.305 e. The van der Waals surface area contributed by atoms with Crippen LogP contribution in [0.4, 0.5) is 0 Å². The van der Waals surface area contributed by atoms with E-state index in [0.717, 1.165) is 71.7 Å². The van der Waals surface area contributed by atoms with Crippen LogP contribution in [0.5, 0.6) is 0 Å². The molecule has 8 nitrogen and oxygen atoms in total. The Hall–Kier alpha value is -1.22. The molecule has 0 saturated carbocycles. The van der Waals surface area contributed by atoms with E-state index in [9.17, 15) is 9.59 Å². The van der Waals surface area contributed by atoms with Gasteiger partial charge in [-0.05, 0) is 71.2 Å². The fourth-order valence-electron chi connectivity index (χ4n) is 9.43. The van der Waals surface area contributed by atoms with Crippen molar-refractivity contribution in [3.8, 4) is 0 Å². The highest BCUT2D eigenvalue weighted by atomic mass is 16.5. The largest absolute Gasteiger partial charge is 0.469 e. The summed E-state index contributed by atoms with van der Waals surface area (Å²) in [5.41, 5.74) is 0. The SMILES string of the molecule is CCCCCCCCCN(CCCCCCCC(=O)OC)CCN1CCN(C(=O)CN(CCCCCCCCC)CCN(CCCCCCCCC)CCCCCCCCC)CC1. The lowest BCUT2D eigenvalue weighted by Gasteiger charge is -2.37. The van der Waals surface area contributed by atoms with Crippen molar-refractivity contribution in [2.24, 2.45) is 0 Å². The Balaban J connectivity index is 2.71. The third-order valence-electron chi connectivity index (χ3n) is 13.9. The second-order valence-electron chi connectivity index (χ2n) is 19.8. The minimum Gasteiger partial charge on any atom is -0.469 e. The van der Waals surface area contributed by atoms with E-state index in [0.29, 0.717) is 18.9 Å². The minimum atomic E-state index is -0.0814. The lowest BCUT2D eigenvalue weighted by atomic mass is 10.1. The molecule has 1 amide bonds. The predicted molar refractivity (Wildman–Crippen MR) is 274 cm³/mol. The number of piperazine rings is 1. The van der Waals surface area contributed by atoms with Crippen LogP contribution >= 0.6 is 0 Å². The van der Waals surface area contributed by atoms with E-state index >= 15 is 0 Å². The van der Waals surface area contributed by atoms with Crippen LogP contribution in [-0.2, 0) is 14.3 Å². The minimum absolute atomic E-state index is 0.0814. The molecule has 1 aliphatic heterocycles. The maximum absolute atomic E-state index is 14.0. The Bertz CT molecular complexity index is 958. The van der Waals surface area contributed by atoms with Crippen LogP contribution in [0.25, 0.3) is 0 Å². The first kappa shape index (κ1) is 59.8. The number of carbonyl (C=O) groups is 2. The van der Waals surface area contributed by atoms with Gasteiger partial charge in [0.15, 0.2) is 0 Å². The molecule has 0 bridgehead atoms. The van der Waals surface area contributed by atoms with Crippen molar-refractivity contribution in [1.82, 2.24) is 24.5 Å². The first-order valence-electron chi connectivity index (χ1n) is 28.2. The highest BCUT2D eigenvalue weighted by Crippen LogP contribution is 2.14. The second kappa shape index (κ2) is 45.9. The fraction of sp³-hybridized carbons (Fsp3) is 0.964. The molecule has 0 spiro atoms. The van der Waals surface area contributed by atoms with Crippen molar-refractivity contribution in [2.45, 2.75) is 246 Å². The zero-order valence-corrected chi connectivity index (χ0v) is 43.4. The van der Waals surface area contributed by atoms with Crippen LogP contribution in [0.1, 0.15) is 246 Å². The van der Waals surface area contributed by atoms with Crippen LogP contribution < -0.4 is 0 Å². The van der Waals surface area contributed by atoms with Crippen molar-refractivity contribution in [2.75, 3.05) is 98.7 Å². The van der Waals surface area contributed by atoms with Gasteiger partial charge in [-0.15, -0.1) is 0 Å². The molecule has 0 N–H and O–H groups in total. The predicted octanol–water partition coefficient (Wildman–Crippen LogP) is 13.6. The summed E-state index contributed by atoms with van der Waals surface area (Å²) in [6.07, 6.45) is 44.2. The number of rotatable bonds is 48. The van der Waals surface area contributed by atoms with Gasteiger partial charge >= 0.3 is 5.97 Å². The molecule has 0 aliphatic carbocycles. The number of esters is 1. The lowest BCUT2D eigenvalue weighted by molar-refractivity contribution is -0.140. The summed E-state index contributed by atoms with van der Waals surface area (Å²) in [6, 6.07) is 0. The molecule has 1 heterocycles. The first-order valence-corrected chi connectivity index (χ1v) is 28.2. The standard InChI is InChI=1S/C55H111N5O3/c1-6-10-14-18-22-28-34-40-56(41-37-32-26-27-33-39-55(62)63-5)45-46-58-49-51-60(52-50-58)54(61)53-59(44-38-31-25-21-17-13-9-4)48-47-57(42-35-29-23-19-15-11-7-2)43-36-30-24-20-16-12-8-3/h6-53H2,1-5H3. The first-order chi connectivity index (χ1) is 31.0. The summed E-state index contributed by atoms with van der Waals surface area (Å²) in [5.74, 6) is 0.275. The highest BCUT2D eigenvalue weighted by Gasteiger charge is 2.23. The summed E-state index contributed by atoms with van der Waals surface area (Å²) in [4.78, 5) is 38.3. The van der Waals surface area contributed by atoms with E-state index in [1.807, 2.05) is 0 Å². The van der Waals surface area contributed by atoms with Crippen molar-refractivity contribution >= 4 is 11.9 Å². The van der Waals surface area contributed by atoms with Crippen LogP contribution in [0, 0.1) is 0 Å². The second-order valence-corrected chi connectivity index (χ2v) is 19.8. The number of carbonyl (C=O) groups excluding carboxylic acids is 2. The summed E-state index contributed by atoms with van der Waals surface area (Å²) in [6.45, 7) is 23.8. The lowest BCUT2D eigenvalue weighted by Crippen LogP contribution is -2.52. The normalized spacial score (nSPS) is 13.6. The number of ether oxygens (including phenoxy) is 1. The summed E-state index contributed by atoms with van der Waals surface area (Å²) < 4.78 is 4.81. The van der Waals surface area contributed by atoms with E-state index in [1.165, 1.54) is 232 Å². The Morgan fingerprint density at radius 3 is 1.08 bits per heavy atom. The van der Waals surface area contributed by atoms with E-state index < -0.39 is 0 Å². The summed E-state index contributed by atoms with van der Waals surface area (Å²) in [7, 11) is 1.48. The van der Waals surface area contributed by atoms with Gasteiger partial charge in [-0.2, -0.15) is 0 Å². The Labute approximate surface area is 394 Å². The van der Waals surface area contributed by atoms with Crippen molar-refractivity contribution < 1.29 is 14.3 Å². The van der Waals surface area contributed by atoms with Gasteiger partial charge in [-0.25, -0.2) is 0 Å². The van der Waals surface area contributed by atoms with Gasteiger partial charge in [-0.1, -0.05) is 201 Å². The highest BCUT2D eigenvalue weighted by molar-refractivity contribution is 5.78. The van der Waals surface area contributed by atoms with Crippen molar-refractivity contribution in [3.63, 3.8) is 0 Å². The molecule has 63 heavy (non-hydrogen) atoms. The number of hydrogen-bond donors (Lipinski definition) is 0. The molecular weight excluding hydrogens is 779 g/mol. The quantitative estimate of drug-likeness (QED) is 0.0445. The van der Waals surface area contributed by atoms with Crippen LogP contribution in [0.2, 0.25) is 0 Å². The van der Waals surface area contributed by atoms with Crippen molar-refractivity contribution in [1.29, 1.82) is 0 Å². The monoisotopic (exact) mass is 890 g/mol. The zero-order valence-electron chi connectivity index (χ0n) is 43.4. The average Bonchev–Trinajstić information content (AvgIpc) is 3.30. The van der Waals surface area contributed by atoms with Gasteiger partial charge < -0.3 is 19.4 Å². The summed E-state index contributed by atoms with van der Waals surface area (Å²) >= 11 is 0. The van der Waals surface area contributed by atoms with E-state index in [4.69, 9.17) is 4.74 Å². The van der Waals surface area contributed by atoms with Gasteiger partial charge in [0.1, 0.15) is 0 Å². The molecule has 0 aromatic carbocycles. The molecule has 1 saturated heterocycles. The molecule has 374 valence electrons. The molecule has 0 aromatic rings. The number of hydrogen-bond acceptors (Lipinski definition) is 7. The molecule has 0 radical (unpaired) electrons. The van der Waals surface area contributed by atoms with Crippen LogP contribution in [0.15, 0.2) is 0 Å². The van der Waals surface area contributed by atoms with Crippen molar-refractivity contribution in [3.05, 3.63) is 0 Å². The number of unbranched alkanes of at least 4 members (excludes halogenated alkanes) is 28. The smallest absolute Gasteiger partial charge is 0.305 e. The van der Waals surface area contributed by atoms with Gasteiger partial charge in [0.25, 0.3) is 0 Å². The fourth-order valence-corrected chi connectivity index (χ4v) is 9.43. The van der Waals surface area contributed by atoms with Crippen LogP contribution in [0.3, 0.4) is 0 Å². The molecule has 0 atom stereocenters. The number of amides is 1. The van der Waals surface area contributed by atoms with E-state index in [2.05, 4.69) is 52.2 Å². The topological polar surface area (TPSA) is 59.6 Å². The third-order valence-corrected chi connectivity index (χ3v) is 13.9. The van der Waals surface area contributed by atoms with Gasteiger partial charge in [0.2, 0.25) is 5.91 Å². The molecular formula is C55H111N5O3. The van der Waals surface area contributed by atoms with E-state index in [-0.39, 0.29) is 5.97 Å². The Kier molecular flexibility index (Phi) is 43.6. The number of nitrogens with zero attached hydrogens (tertiary/aromatic N) is 5. The van der Waals surface area contributed by atoms with Gasteiger partial charge in [0.05, 0.1) is 13.7 Å². The molecule has 1 rings (SSSR count). The number of methoxy groups -OCH3 is 1. The zero-order chi connectivity index (χ0) is 45.7.